The van der Waals surface area contributed by atoms with Gasteiger partial charge in [-0.15, -0.1) is 0 Å². The Labute approximate surface area is 129 Å². The first-order valence-corrected chi connectivity index (χ1v) is 6.44. The Morgan fingerprint density at radius 2 is 1.77 bits per heavy atom. The summed E-state index contributed by atoms with van der Waals surface area (Å²) < 4.78 is 0. The smallest absolute Gasteiger partial charge is 0.337 e. The van der Waals surface area contributed by atoms with Crippen LogP contribution in [0.25, 0.3) is 0 Å². The maximum atomic E-state index is 12.1. The van der Waals surface area contributed by atoms with Crippen LogP contribution in [0.3, 0.4) is 0 Å². The Morgan fingerprint density at radius 1 is 1.14 bits per heavy atom. The number of rotatable bonds is 4. The second kappa shape index (κ2) is 6.54. The van der Waals surface area contributed by atoms with Gasteiger partial charge in [0.05, 0.1) is 11.3 Å². The van der Waals surface area contributed by atoms with Gasteiger partial charge in [0.25, 0.3) is 5.91 Å². The maximum absolute atomic E-state index is 12.1. The lowest BCUT2D eigenvalue weighted by Crippen LogP contribution is -2.99. The number of hydrogen-bond acceptors (Lipinski definition) is 4. The Morgan fingerprint density at radius 3 is 2.32 bits per heavy atom. The summed E-state index contributed by atoms with van der Waals surface area (Å²) in [4.78, 5) is 23.2. The van der Waals surface area contributed by atoms with Crippen molar-refractivity contribution in [1.82, 2.24) is 0 Å². The fourth-order valence-corrected chi connectivity index (χ4v) is 1.93. The Kier molecular flexibility index (Phi) is 4.74. The summed E-state index contributed by atoms with van der Waals surface area (Å²) >= 11 is 5.73. The molecule has 4 N–H and O–H groups in total. The summed E-state index contributed by atoms with van der Waals surface area (Å²) in [6, 6.07) is 9.33. The minimum Gasteiger partial charge on any atom is -0.595 e. The summed E-state index contributed by atoms with van der Waals surface area (Å²) in [5.41, 5.74) is 0.220. The van der Waals surface area contributed by atoms with Crippen molar-refractivity contribution in [2.24, 2.45) is 0 Å². The highest BCUT2D eigenvalue weighted by Crippen LogP contribution is 2.21. The number of benzene rings is 2. The Bertz CT molecular complexity index is 716. The van der Waals surface area contributed by atoms with Gasteiger partial charge >= 0.3 is 5.97 Å². The molecule has 7 nitrogen and oxygen atoms in total. The molecular weight excluding hydrogens is 312 g/mol. The first-order chi connectivity index (χ1) is 10.4. The van der Waals surface area contributed by atoms with Crippen LogP contribution in [-0.4, -0.2) is 22.2 Å². The van der Waals surface area contributed by atoms with Gasteiger partial charge in [0.1, 0.15) is 0 Å². The van der Waals surface area contributed by atoms with Crippen molar-refractivity contribution >= 4 is 34.9 Å². The van der Waals surface area contributed by atoms with Gasteiger partial charge in [-0.1, -0.05) is 11.6 Å². The van der Waals surface area contributed by atoms with Crippen molar-refractivity contribution in [3.8, 4) is 0 Å². The molecule has 2 aromatic carbocycles. The molecule has 2 rings (SSSR count). The number of carboxylic acids is 1. The number of aromatic carboxylic acids is 1. The van der Waals surface area contributed by atoms with Gasteiger partial charge < -0.3 is 15.6 Å². The SMILES string of the molecule is O=C(Nc1ccc(Cl)cc1C(=O)O)c1ccc([NH+]([O-])O)cc1. The van der Waals surface area contributed by atoms with Crippen LogP contribution < -0.4 is 10.5 Å². The summed E-state index contributed by atoms with van der Waals surface area (Å²) in [7, 11) is 0. The van der Waals surface area contributed by atoms with Crippen LogP contribution in [0, 0.1) is 5.21 Å². The van der Waals surface area contributed by atoms with Crippen LogP contribution in [-0.2, 0) is 0 Å². The number of carbonyl (C=O) groups excluding carboxylic acids is 1. The number of nitrogens with one attached hydrogen (secondary N) is 2. The number of quaternary nitrogens is 1. The van der Waals surface area contributed by atoms with E-state index in [2.05, 4.69) is 5.32 Å². The van der Waals surface area contributed by atoms with E-state index in [-0.39, 0.29) is 27.5 Å². The van der Waals surface area contributed by atoms with Gasteiger partial charge in [0.15, 0.2) is 5.69 Å². The first-order valence-electron chi connectivity index (χ1n) is 6.06. The lowest BCUT2D eigenvalue weighted by atomic mass is 10.1. The van der Waals surface area contributed by atoms with Crippen LogP contribution in [0.15, 0.2) is 42.5 Å². The van der Waals surface area contributed by atoms with Crippen molar-refractivity contribution in [2.75, 3.05) is 5.32 Å². The minimum atomic E-state index is -1.22. The third-order valence-electron chi connectivity index (χ3n) is 2.85. The zero-order chi connectivity index (χ0) is 16.3. The van der Waals surface area contributed by atoms with Crippen molar-refractivity contribution in [3.05, 3.63) is 63.8 Å². The first kappa shape index (κ1) is 15.9. The number of hydrogen-bond donors (Lipinski definition) is 4. The van der Waals surface area contributed by atoms with Crippen molar-refractivity contribution in [3.63, 3.8) is 0 Å². The molecule has 0 fully saturated rings. The number of anilines is 1. The molecule has 0 bridgehead atoms. The lowest BCUT2D eigenvalue weighted by molar-refractivity contribution is -0.991. The fraction of sp³-hybridized carbons (Fsp3) is 0. The highest BCUT2D eigenvalue weighted by Gasteiger charge is 2.14. The van der Waals surface area contributed by atoms with Gasteiger partial charge in [-0.3, -0.25) is 4.79 Å². The van der Waals surface area contributed by atoms with Gasteiger partial charge in [0.2, 0.25) is 0 Å². The molecule has 0 spiro atoms. The molecule has 0 aliphatic heterocycles. The summed E-state index contributed by atoms with van der Waals surface area (Å²) in [6.07, 6.45) is 0. The molecule has 2 aromatic rings. The van der Waals surface area contributed by atoms with Crippen molar-refractivity contribution < 1.29 is 25.1 Å². The zero-order valence-electron chi connectivity index (χ0n) is 11.0. The fourth-order valence-electron chi connectivity index (χ4n) is 1.76. The van der Waals surface area contributed by atoms with E-state index in [1.807, 2.05) is 0 Å². The predicted octanol–water partition coefficient (Wildman–Crippen LogP) is 1.69. The number of halogens is 1. The highest BCUT2D eigenvalue weighted by molar-refractivity contribution is 6.31. The largest absolute Gasteiger partial charge is 0.595 e. The normalized spacial score (nSPS) is 11.8. The van der Waals surface area contributed by atoms with Crippen LogP contribution >= 0.6 is 11.6 Å². The molecule has 0 saturated heterocycles. The van der Waals surface area contributed by atoms with Crippen LogP contribution in [0.2, 0.25) is 5.02 Å². The number of carboxylic acid groups (broad SMARTS) is 1. The molecule has 0 aromatic heterocycles. The van der Waals surface area contributed by atoms with Gasteiger partial charge in [0, 0.05) is 22.7 Å². The Hall–Kier alpha value is -2.45. The third kappa shape index (κ3) is 3.60. The molecule has 114 valence electrons. The standard InChI is InChI=1S/C14H11ClN2O5/c15-9-3-6-12(11(7-9)14(19)20)16-13(18)8-1-4-10(5-2-8)17(21)22/h1-7,17,21H,(H,16,18)(H,19,20). The van der Waals surface area contributed by atoms with E-state index in [1.165, 1.54) is 42.5 Å². The summed E-state index contributed by atoms with van der Waals surface area (Å²) in [5, 5.41) is 30.2. The molecule has 0 aliphatic rings. The summed E-state index contributed by atoms with van der Waals surface area (Å²) in [5.74, 6) is -1.78. The number of amides is 1. The molecule has 0 heterocycles. The van der Waals surface area contributed by atoms with Crippen LogP contribution in [0.5, 0.6) is 0 Å². The quantitative estimate of drug-likeness (QED) is 0.640. The van der Waals surface area contributed by atoms with E-state index in [9.17, 15) is 14.8 Å². The van der Waals surface area contributed by atoms with E-state index >= 15 is 0 Å². The van der Waals surface area contributed by atoms with Gasteiger partial charge in [-0.2, -0.15) is 5.23 Å². The van der Waals surface area contributed by atoms with Crippen LogP contribution in [0.4, 0.5) is 11.4 Å². The molecule has 8 heteroatoms. The van der Waals surface area contributed by atoms with Gasteiger partial charge in [-0.05, 0) is 30.3 Å². The topological polar surface area (TPSA) is 114 Å². The molecule has 0 radical (unpaired) electrons. The maximum Gasteiger partial charge on any atom is 0.337 e. The molecule has 0 aliphatic carbocycles. The molecule has 1 amide bonds. The second-order valence-electron chi connectivity index (χ2n) is 4.33. The molecule has 22 heavy (non-hydrogen) atoms. The van der Waals surface area contributed by atoms with E-state index < -0.39 is 17.1 Å². The van der Waals surface area contributed by atoms with Crippen LogP contribution in [0.1, 0.15) is 20.7 Å². The predicted molar refractivity (Wildman–Crippen MR) is 78.6 cm³/mol. The zero-order valence-corrected chi connectivity index (χ0v) is 11.8. The average Bonchev–Trinajstić information content (AvgIpc) is 2.48. The molecule has 0 saturated carbocycles. The average molecular weight is 323 g/mol. The molecule has 1 atom stereocenters. The monoisotopic (exact) mass is 322 g/mol. The third-order valence-corrected chi connectivity index (χ3v) is 3.09. The Balaban J connectivity index is 2.23. The van der Waals surface area contributed by atoms with Gasteiger partial charge in [-0.25, -0.2) is 10.0 Å². The second-order valence-corrected chi connectivity index (χ2v) is 4.77. The van der Waals surface area contributed by atoms with E-state index in [0.717, 1.165) is 0 Å². The summed E-state index contributed by atoms with van der Waals surface area (Å²) in [6.45, 7) is 0. The minimum absolute atomic E-state index is 0.0502. The van der Waals surface area contributed by atoms with E-state index in [1.54, 1.807) is 0 Å². The molecule has 1 unspecified atom stereocenters. The van der Waals surface area contributed by atoms with E-state index in [0.29, 0.717) is 0 Å². The lowest BCUT2D eigenvalue weighted by Gasteiger charge is -2.12. The van der Waals surface area contributed by atoms with Crippen molar-refractivity contribution in [2.45, 2.75) is 0 Å². The number of carbonyl (C=O) groups is 2. The van der Waals surface area contributed by atoms with E-state index in [4.69, 9.17) is 21.9 Å². The highest BCUT2D eigenvalue weighted by atomic mass is 35.5. The molecular formula is C14H11ClN2O5. The van der Waals surface area contributed by atoms with Crippen molar-refractivity contribution in [1.29, 1.82) is 0 Å².